The van der Waals surface area contributed by atoms with Gasteiger partial charge in [-0.1, -0.05) is 0 Å². The number of anilines is 1. The summed E-state index contributed by atoms with van der Waals surface area (Å²) in [6.45, 7) is 1.52. The summed E-state index contributed by atoms with van der Waals surface area (Å²) in [5.74, 6) is -2.86. The van der Waals surface area contributed by atoms with E-state index in [4.69, 9.17) is 11.5 Å². The molecule has 1 aromatic carbocycles. The first-order chi connectivity index (χ1) is 9.32. The monoisotopic (exact) mass is 342 g/mol. The Hall–Kier alpha value is -2.09. The van der Waals surface area contributed by atoms with Crippen LogP contribution >= 0.6 is 15.9 Å². The topological polar surface area (TPSA) is 94.9 Å². The van der Waals surface area contributed by atoms with E-state index in [1.54, 1.807) is 0 Å². The van der Waals surface area contributed by atoms with Crippen molar-refractivity contribution in [1.82, 2.24) is 9.97 Å². The van der Waals surface area contributed by atoms with Crippen LogP contribution in [0.4, 0.5) is 14.6 Å². The van der Waals surface area contributed by atoms with Gasteiger partial charge in [-0.3, -0.25) is 4.79 Å². The third-order valence-electron chi connectivity index (χ3n) is 2.64. The molecule has 5 nitrogen and oxygen atoms in total. The molecule has 0 saturated carbocycles. The average molecular weight is 343 g/mol. The maximum absolute atomic E-state index is 13.5. The number of halogens is 3. The average Bonchev–Trinajstić information content (AvgIpc) is 2.34. The third-order valence-corrected chi connectivity index (χ3v) is 3.42. The summed E-state index contributed by atoms with van der Waals surface area (Å²) in [4.78, 5) is 19.1. The first-order valence-electron chi connectivity index (χ1n) is 5.40. The molecule has 2 rings (SSSR count). The van der Waals surface area contributed by atoms with Gasteiger partial charge in [0.1, 0.15) is 11.4 Å². The number of benzene rings is 1. The number of carbonyl (C=O) groups excluding carboxylic acids is 1. The van der Waals surface area contributed by atoms with Gasteiger partial charge < -0.3 is 11.5 Å². The minimum atomic E-state index is -1.05. The van der Waals surface area contributed by atoms with Crippen LogP contribution in [0.25, 0.3) is 11.4 Å². The lowest BCUT2D eigenvalue weighted by Gasteiger charge is -2.09. The van der Waals surface area contributed by atoms with Crippen molar-refractivity contribution in [2.24, 2.45) is 5.73 Å². The van der Waals surface area contributed by atoms with Gasteiger partial charge >= 0.3 is 0 Å². The molecule has 0 spiro atoms. The molecule has 0 fully saturated rings. The molecule has 0 aliphatic rings. The molecular weight excluding hydrogens is 334 g/mol. The Bertz CT molecular complexity index is 698. The molecule has 0 bridgehead atoms. The van der Waals surface area contributed by atoms with E-state index in [9.17, 15) is 13.6 Å². The van der Waals surface area contributed by atoms with E-state index in [1.807, 2.05) is 0 Å². The van der Waals surface area contributed by atoms with Crippen molar-refractivity contribution in [3.8, 4) is 11.4 Å². The number of rotatable bonds is 2. The number of aryl methyl sites for hydroxylation is 1. The predicted molar refractivity (Wildman–Crippen MR) is 72.8 cm³/mol. The summed E-state index contributed by atoms with van der Waals surface area (Å²) < 4.78 is 26.5. The molecule has 0 radical (unpaired) electrons. The quantitative estimate of drug-likeness (QED) is 0.817. The second-order valence-corrected chi connectivity index (χ2v) is 4.77. The molecule has 1 aromatic heterocycles. The molecule has 8 heteroatoms. The van der Waals surface area contributed by atoms with Crippen LogP contribution in [0.5, 0.6) is 0 Å². The Morgan fingerprint density at radius 3 is 2.50 bits per heavy atom. The van der Waals surface area contributed by atoms with E-state index in [-0.39, 0.29) is 32.9 Å². The van der Waals surface area contributed by atoms with Gasteiger partial charge in [-0.05, 0) is 35.0 Å². The normalized spacial score (nSPS) is 10.6. The van der Waals surface area contributed by atoms with Crippen LogP contribution in [0, 0.1) is 18.6 Å². The van der Waals surface area contributed by atoms with Crippen molar-refractivity contribution in [3.63, 3.8) is 0 Å². The molecule has 4 N–H and O–H groups in total. The zero-order valence-corrected chi connectivity index (χ0v) is 11.8. The Kier molecular flexibility index (Phi) is 3.67. The van der Waals surface area contributed by atoms with E-state index in [0.29, 0.717) is 0 Å². The molecule has 0 aliphatic heterocycles. The van der Waals surface area contributed by atoms with Gasteiger partial charge in [0.25, 0.3) is 5.91 Å². The van der Waals surface area contributed by atoms with Crippen molar-refractivity contribution >= 4 is 27.7 Å². The van der Waals surface area contributed by atoms with Crippen molar-refractivity contribution in [1.29, 1.82) is 0 Å². The molecule has 0 atom stereocenters. The van der Waals surface area contributed by atoms with Crippen molar-refractivity contribution in [2.45, 2.75) is 6.92 Å². The van der Waals surface area contributed by atoms with Crippen LogP contribution in [-0.4, -0.2) is 15.9 Å². The highest BCUT2D eigenvalue weighted by Crippen LogP contribution is 2.30. The van der Waals surface area contributed by atoms with Gasteiger partial charge in [0.05, 0.1) is 10.2 Å². The molecule has 0 saturated heterocycles. The predicted octanol–water partition coefficient (Wildman–Crippen LogP) is 2.17. The third kappa shape index (κ3) is 2.34. The van der Waals surface area contributed by atoms with Crippen molar-refractivity contribution in [2.75, 3.05) is 5.73 Å². The zero-order valence-electron chi connectivity index (χ0n) is 10.2. The van der Waals surface area contributed by atoms with Crippen LogP contribution in [0.2, 0.25) is 0 Å². The van der Waals surface area contributed by atoms with Crippen LogP contribution in [0.15, 0.2) is 16.6 Å². The lowest BCUT2D eigenvalue weighted by Crippen LogP contribution is -2.18. The van der Waals surface area contributed by atoms with Gasteiger partial charge in [0.15, 0.2) is 17.5 Å². The molecule has 2 aromatic rings. The fourth-order valence-corrected chi connectivity index (χ4v) is 2.22. The number of primary amides is 1. The largest absolute Gasteiger partial charge is 0.383 e. The minimum Gasteiger partial charge on any atom is -0.383 e. The van der Waals surface area contributed by atoms with Gasteiger partial charge in [-0.2, -0.15) is 0 Å². The van der Waals surface area contributed by atoms with E-state index in [2.05, 4.69) is 25.9 Å². The minimum absolute atomic E-state index is 0.00690. The number of nitrogens with two attached hydrogens (primary N) is 2. The standard InChI is InChI=1S/C12H9BrF2N4O/c1-4-7(11(17)20)10(16)19-12(18-4)5-2-3-6(14)9(15)8(5)13/h2-3H,1H3,(H2,17,20)(H2,16,18,19). The van der Waals surface area contributed by atoms with Gasteiger partial charge in [-0.15, -0.1) is 0 Å². The second kappa shape index (κ2) is 5.12. The Morgan fingerprint density at radius 1 is 1.30 bits per heavy atom. The van der Waals surface area contributed by atoms with Crippen molar-refractivity contribution < 1.29 is 13.6 Å². The van der Waals surface area contributed by atoms with E-state index in [1.165, 1.54) is 13.0 Å². The SMILES string of the molecule is Cc1nc(-c2ccc(F)c(F)c2Br)nc(N)c1C(N)=O. The molecule has 0 aliphatic carbocycles. The number of amides is 1. The molecule has 0 unspecified atom stereocenters. The highest BCUT2D eigenvalue weighted by atomic mass is 79.9. The maximum atomic E-state index is 13.5. The van der Waals surface area contributed by atoms with Gasteiger partial charge in [0, 0.05) is 5.56 Å². The van der Waals surface area contributed by atoms with Crippen molar-refractivity contribution in [3.05, 3.63) is 39.5 Å². The number of nitrogens with zero attached hydrogens (tertiary/aromatic N) is 2. The maximum Gasteiger partial charge on any atom is 0.254 e. The van der Waals surface area contributed by atoms with Crippen LogP contribution in [0.3, 0.4) is 0 Å². The van der Waals surface area contributed by atoms with Crippen LogP contribution in [-0.2, 0) is 0 Å². The van der Waals surface area contributed by atoms with Crippen LogP contribution in [0.1, 0.15) is 16.1 Å². The van der Waals surface area contributed by atoms with Crippen LogP contribution < -0.4 is 11.5 Å². The van der Waals surface area contributed by atoms with E-state index in [0.717, 1.165) is 6.07 Å². The molecule has 104 valence electrons. The molecule has 1 amide bonds. The highest BCUT2D eigenvalue weighted by molar-refractivity contribution is 9.10. The fourth-order valence-electron chi connectivity index (χ4n) is 1.72. The summed E-state index contributed by atoms with van der Waals surface area (Å²) in [7, 11) is 0. The van der Waals surface area contributed by atoms with Gasteiger partial charge in [-0.25, -0.2) is 18.7 Å². The van der Waals surface area contributed by atoms with E-state index >= 15 is 0 Å². The summed E-state index contributed by atoms with van der Waals surface area (Å²) >= 11 is 2.94. The number of nitrogen functional groups attached to an aromatic ring is 1. The molecular formula is C12H9BrF2N4O. The number of aromatic nitrogens is 2. The number of hydrogen-bond donors (Lipinski definition) is 2. The second-order valence-electron chi connectivity index (χ2n) is 3.98. The summed E-state index contributed by atoms with van der Waals surface area (Å²) in [5.41, 5.74) is 11.3. The highest BCUT2D eigenvalue weighted by Gasteiger charge is 2.18. The lowest BCUT2D eigenvalue weighted by molar-refractivity contribution is 0.1000. The zero-order chi connectivity index (χ0) is 15.0. The Labute approximate surface area is 121 Å². The Morgan fingerprint density at radius 2 is 1.95 bits per heavy atom. The Balaban J connectivity index is 2.66. The smallest absolute Gasteiger partial charge is 0.254 e. The fraction of sp³-hybridized carbons (Fsp3) is 0.0833. The summed E-state index contributed by atoms with van der Waals surface area (Å²) in [5, 5.41) is 0. The first kappa shape index (κ1) is 14.3. The summed E-state index contributed by atoms with van der Waals surface area (Å²) in [6, 6.07) is 2.26. The number of hydrogen-bond acceptors (Lipinski definition) is 4. The molecule has 20 heavy (non-hydrogen) atoms. The van der Waals surface area contributed by atoms with E-state index < -0.39 is 17.5 Å². The first-order valence-corrected chi connectivity index (χ1v) is 6.20. The molecule has 1 heterocycles. The number of carbonyl (C=O) groups is 1. The summed E-state index contributed by atoms with van der Waals surface area (Å²) in [6.07, 6.45) is 0. The lowest BCUT2D eigenvalue weighted by atomic mass is 10.1. The van der Waals surface area contributed by atoms with Gasteiger partial charge in [0.2, 0.25) is 0 Å².